The Kier molecular flexibility index (Phi) is 7.58. The maximum Gasteiger partial charge on any atom is 0.311 e. The molecule has 28 heavy (non-hydrogen) atoms. The van der Waals surface area contributed by atoms with E-state index in [2.05, 4.69) is 42.8 Å². The Bertz CT molecular complexity index is 869. The summed E-state index contributed by atoms with van der Waals surface area (Å²) >= 11 is 9.76. The Hall–Kier alpha value is -1.52. The number of hydrogen-bond acceptors (Lipinski definition) is 3. The first-order valence-electron chi connectivity index (χ1n) is 9.40. The largest absolute Gasteiger partial charge is 0.492 e. The third kappa shape index (κ3) is 5.74. The summed E-state index contributed by atoms with van der Waals surface area (Å²) in [5.74, 6) is 1.12. The maximum atomic E-state index is 12.3. The molecule has 3 nitrogen and oxygen atoms in total. The molecule has 0 aliphatic rings. The van der Waals surface area contributed by atoms with E-state index in [1.807, 2.05) is 39.0 Å². The molecule has 0 bridgehead atoms. The summed E-state index contributed by atoms with van der Waals surface area (Å²) in [6, 6.07) is 7.82. The van der Waals surface area contributed by atoms with E-state index in [0.717, 1.165) is 37.5 Å². The van der Waals surface area contributed by atoms with Crippen LogP contribution in [0, 0.1) is 20.8 Å². The van der Waals surface area contributed by atoms with E-state index in [-0.39, 0.29) is 11.4 Å². The fourth-order valence-electron chi connectivity index (χ4n) is 2.90. The van der Waals surface area contributed by atoms with E-state index in [4.69, 9.17) is 21.1 Å². The molecule has 0 amide bonds. The van der Waals surface area contributed by atoms with E-state index in [0.29, 0.717) is 25.2 Å². The number of carbonyl (C=O) groups excluding carboxylic acids is 1. The van der Waals surface area contributed by atoms with E-state index in [1.165, 1.54) is 0 Å². The fourth-order valence-corrected chi connectivity index (χ4v) is 3.59. The third-order valence-corrected chi connectivity index (χ3v) is 6.09. The standard InChI is InChI=1S/C23H28BrClO3/c1-14-9-10-18(17(12-14)23(4,5)6)28-20(26)8-7-11-27-19-13-15(2)22(25)16(3)21(19)24/h9-10,12-13H,7-8,11H2,1-6H3. The number of aryl methyl sites for hydroxylation is 2. The number of esters is 1. The average Bonchev–Trinajstić information content (AvgIpc) is 2.61. The third-order valence-electron chi connectivity index (χ3n) is 4.52. The second-order valence-corrected chi connectivity index (χ2v) is 9.29. The van der Waals surface area contributed by atoms with Gasteiger partial charge in [-0.3, -0.25) is 4.79 Å². The number of rotatable bonds is 6. The molecular formula is C23H28BrClO3. The van der Waals surface area contributed by atoms with Crippen LogP contribution in [0.5, 0.6) is 11.5 Å². The highest BCUT2D eigenvalue weighted by Gasteiger charge is 2.20. The van der Waals surface area contributed by atoms with Crippen molar-refractivity contribution in [2.45, 2.75) is 59.8 Å². The van der Waals surface area contributed by atoms with Crippen LogP contribution >= 0.6 is 27.5 Å². The van der Waals surface area contributed by atoms with Crippen molar-refractivity contribution in [3.63, 3.8) is 0 Å². The molecule has 0 fully saturated rings. The summed E-state index contributed by atoms with van der Waals surface area (Å²) in [5.41, 5.74) is 4.00. The number of halogens is 2. The molecule has 0 saturated carbocycles. The highest BCUT2D eigenvalue weighted by molar-refractivity contribution is 9.10. The minimum absolute atomic E-state index is 0.0959. The van der Waals surface area contributed by atoms with E-state index in [1.54, 1.807) is 0 Å². The molecule has 0 radical (unpaired) electrons. The lowest BCUT2D eigenvalue weighted by atomic mass is 9.85. The Morgan fingerprint density at radius 2 is 1.79 bits per heavy atom. The van der Waals surface area contributed by atoms with Crippen molar-refractivity contribution < 1.29 is 14.3 Å². The van der Waals surface area contributed by atoms with Gasteiger partial charge in [0.15, 0.2) is 0 Å². The van der Waals surface area contributed by atoms with Crippen molar-refractivity contribution in [3.05, 3.63) is 56.0 Å². The van der Waals surface area contributed by atoms with Crippen LogP contribution in [0.1, 0.15) is 55.9 Å². The Balaban J connectivity index is 1.93. The van der Waals surface area contributed by atoms with E-state index >= 15 is 0 Å². The van der Waals surface area contributed by atoms with Gasteiger partial charge in [0.1, 0.15) is 11.5 Å². The summed E-state index contributed by atoms with van der Waals surface area (Å²) in [5, 5.41) is 0.732. The van der Waals surface area contributed by atoms with Crippen LogP contribution in [-0.2, 0) is 10.2 Å². The summed E-state index contributed by atoms with van der Waals surface area (Å²) in [7, 11) is 0. The van der Waals surface area contributed by atoms with Gasteiger partial charge in [-0.1, -0.05) is 50.1 Å². The van der Waals surface area contributed by atoms with Gasteiger partial charge in [0.05, 0.1) is 11.1 Å². The topological polar surface area (TPSA) is 35.5 Å². The van der Waals surface area contributed by atoms with Crippen molar-refractivity contribution in [1.82, 2.24) is 0 Å². The minimum Gasteiger partial charge on any atom is -0.492 e. The number of ether oxygens (including phenoxy) is 2. The summed E-state index contributed by atoms with van der Waals surface area (Å²) < 4.78 is 12.3. The van der Waals surface area contributed by atoms with Crippen molar-refractivity contribution in [2.75, 3.05) is 6.61 Å². The zero-order valence-electron chi connectivity index (χ0n) is 17.4. The zero-order chi connectivity index (χ0) is 21.1. The number of benzene rings is 2. The molecule has 0 heterocycles. The molecule has 152 valence electrons. The fraction of sp³-hybridized carbons (Fsp3) is 0.435. The molecule has 0 saturated heterocycles. The van der Waals surface area contributed by atoms with E-state index in [9.17, 15) is 4.79 Å². The molecule has 0 aliphatic heterocycles. The first-order valence-corrected chi connectivity index (χ1v) is 10.6. The van der Waals surface area contributed by atoms with Crippen LogP contribution in [0.25, 0.3) is 0 Å². The summed E-state index contributed by atoms with van der Waals surface area (Å²) in [6.45, 7) is 12.7. The second-order valence-electron chi connectivity index (χ2n) is 8.12. The molecule has 0 spiro atoms. The predicted molar refractivity (Wildman–Crippen MR) is 119 cm³/mol. The van der Waals surface area contributed by atoms with Crippen molar-refractivity contribution >= 4 is 33.5 Å². The van der Waals surface area contributed by atoms with Crippen molar-refractivity contribution in [3.8, 4) is 11.5 Å². The van der Waals surface area contributed by atoms with Crippen LogP contribution in [0.15, 0.2) is 28.7 Å². The minimum atomic E-state index is -0.250. The lowest BCUT2D eigenvalue weighted by Gasteiger charge is -2.22. The Morgan fingerprint density at radius 1 is 1.11 bits per heavy atom. The maximum absolute atomic E-state index is 12.3. The predicted octanol–water partition coefficient (Wildman–Crippen LogP) is 7.09. The first-order chi connectivity index (χ1) is 13.0. The van der Waals surface area contributed by atoms with Gasteiger partial charge in [-0.15, -0.1) is 0 Å². The molecule has 5 heteroatoms. The van der Waals surface area contributed by atoms with Crippen LogP contribution < -0.4 is 9.47 Å². The van der Waals surface area contributed by atoms with Crippen LogP contribution in [0.3, 0.4) is 0 Å². The number of hydrogen-bond donors (Lipinski definition) is 0. The normalized spacial score (nSPS) is 11.4. The van der Waals surface area contributed by atoms with Gasteiger partial charge < -0.3 is 9.47 Å². The molecule has 2 aromatic carbocycles. The van der Waals surface area contributed by atoms with Crippen LogP contribution in [0.4, 0.5) is 0 Å². The lowest BCUT2D eigenvalue weighted by Crippen LogP contribution is -2.17. The highest BCUT2D eigenvalue weighted by Crippen LogP contribution is 2.36. The molecule has 2 aromatic rings. The van der Waals surface area contributed by atoms with Gasteiger partial charge in [0, 0.05) is 17.0 Å². The van der Waals surface area contributed by atoms with Crippen molar-refractivity contribution in [2.24, 2.45) is 0 Å². The van der Waals surface area contributed by atoms with Gasteiger partial charge >= 0.3 is 5.97 Å². The molecule has 0 aromatic heterocycles. The van der Waals surface area contributed by atoms with Gasteiger partial charge in [-0.25, -0.2) is 0 Å². The molecule has 0 aliphatic carbocycles. The first kappa shape index (κ1) is 22.8. The Labute approximate surface area is 181 Å². The molecule has 0 N–H and O–H groups in total. The number of carbonyl (C=O) groups is 1. The van der Waals surface area contributed by atoms with Gasteiger partial charge in [0.2, 0.25) is 0 Å². The van der Waals surface area contributed by atoms with Gasteiger partial charge in [-0.05, 0) is 71.8 Å². The smallest absolute Gasteiger partial charge is 0.311 e. The van der Waals surface area contributed by atoms with Gasteiger partial charge in [-0.2, -0.15) is 0 Å². The lowest BCUT2D eigenvalue weighted by molar-refractivity contribution is -0.134. The Morgan fingerprint density at radius 3 is 2.43 bits per heavy atom. The zero-order valence-corrected chi connectivity index (χ0v) is 19.8. The monoisotopic (exact) mass is 466 g/mol. The van der Waals surface area contributed by atoms with Crippen LogP contribution in [-0.4, -0.2) is 12.6 Å². The van der Waals surface area contributed by atoms with Crippen molar-refractivity contribution in [1.29, 1.82) is 0 Å². The SMILES string of the molecule is Cc1ccc(OC(=O)CCCOc2cc(C)c(Cl)c(C)c2Br)c(C(C)(C)C)c1. The highest BCUT2D eigenvalue weighted by atomic mass is 79.9. The van der Waals surface area contributed by atoms with E-state index < -0.39 is 0 Å². The molecule has 2 rings (SSSR count). The second kappa shape index (κ2) is 9.32. The average molecular weight is 468 g/mol. The quantitative estimate of drug-likeness (QED) is 0.258. The summed E-state index contributed by atoms with van der Waals surface area (Å²) in [6.07, 6.45) is 0.864. The van der Waals surface area contributed by atoms with Gasteiger partial charge in [0.25, 0.3) is 0 Å². The molecule has 0 unspecified atom stereocenters. The molecule has 0 atom stereocenters. The molecular weight excluding hydrogens is 440 g/mol. The van der Waals surface area contributed by atoms with Crippen LogP contribution in [0.2, 0.25) is 5.02 Å². The summed E-state index contributed by atoms with van der Waals surface area (Å²) in [4.78, 5) is 12.3.